The Balaban J connectivity index is 1.42. The molecule has 10 nitrogen and oxygen atoms in total. The number of piperazine rings is 1. The van der Waals surface area contributed by atoms with Crippen molar-refractivity contribution < 1.29 is 32.3 Å². The van der Waals surface area contributed by atoms with Gasteiger partial charge in [-0.25, -0.2) is 9.18 Å². The molecule has 0 bridgehead atoms. The molecular formula is C33H43F3N6O4. The molecule has 5 rings (SSSR count). The number of fused-ring (bicyclic) bond motifs is 2. The molecule has 0 saturated carbocycles. The molecule has 13 heteroatoms. The molecule has 0 aliphatic carbocycles. The minimum atomic E-state index is -3.20. The molecule has 0 spiro atoms. The summed E-state index contributed by atoms with van der Waals surface area (Å²) in [6.07, 6.45) is -0.710. The minimum absolute atomic E-state index is 0.0235. The second-order valence-electron chi connectivity index (χ2n) is 14.3. The summed E-state index contributed by atoms with van der Waals surface area (Å²) in [4.78, 5) is 47.7. The Morgan fingerprint density at radius 2 is 1.74 bits per heavy atom. The van der Waals surface area contributed by atoms with Crippen molar-refractivity contribution in [3.05, 3.63) is 52.6 Å². The smallest absolute Gasteiger partial charge is 0.410 e. The number of nitrogens with zero attached hydrogens (tertiary/aromatic N) is 6. The average Bonchev–Trinajstić information content (AvgIpc) is 3.49. The van der Waals surface area contributed by atoms with Crippen LogP contribution < -0.4 is 4.90 Å². The number of alkyl halides is 2. The molecule has 1 saturated heterocycles. The number of aromatic nitrogens is 2. The minimum Gasteiger partial charge on any atom is -0.444 e. The molecule has 0 unspecified atom stereocenters. The zero-order valence-electron chi connectivity index (χ0n) is 27.6. The number of anilines is 1. The summed E-state index contributed by atoms with van der Waals surface area (Å²) in [7, 11) is 0. The van der Waals surface area contributed by atoms with Gasteiger partial charge in [0.25, 0.3) is 5.92 Å². The Kier molecular flexibility index (Phi) is 8.86. The van der Waals surface area contributed by atoms with Gasteiger partial charge in [-0.15, -0.1) is 5.10 Å². The first-order valence-corrected chi connectivity index (χ1v) is 15.8. The van der Waals surface area contributed by atoms with Gasteiger partial charge in [-0.05, 0) is 57.0 Å². The molecule has 4 heterocycles. The van der Waals surface area contributed by atoms with E-state index in [1.165, 1.54) is 28.0 Å². The van der Waals surface area contributed by atoms with Gasteiger partial charge in [0.1, 0.15) is 23.2 Å². The highest BCUT2D eigenvalue weighted by Gasteiger charge is 2.46. The fourth-order valence-corrected chi connectivity index (χ4v) is 6.49. The van der Waals surface area contributed by atoms with Gasteiger partial charge in [-0.2, -0.15) is 13.9 Å². The number of ether oxygens (including phenoxy) is 1. The topological polar surface area (TPSA) is 99.2 Å². The maximum Gasteiger partial charge on any atom is 0.410 e. The van der Waals surface area contributed by atoms with E-state index in [1.54, 1.807) is 43.6 Å². The van der Waals surface area contributed by atoms with E-state index < -0.39 is 53.0 Å². The number of carbonyl (C=O) groups is 3. The van der Waals surface area contributed by atoms with Crippen molar-refractivity contribution in [3.8, 4) is 0 Å². The first-order chi connectivity index (χ1) is 21.4. The van der Waals surface area contributed by atoms with Crippen molar-refractivity contribution in [1.29, 1.82) is 0 Å². The Bertz CT molecular complexity index is 1530. The third-order valence-corrected chi connectivity index (χ3v) is 8.79. The molecule has 250 valence electrons. The van der Waals surface area contributed by atoms with Gasteiger partial charge in [0.2, 0.25) is 11.8 Å². The van der Waals surface area contributed by atoms with Crippen LogP contribution in [0, 0.1) is 5.82 Å². The van der Waals surface area contributed by atoms with Crippen molar-refractivity contribution in [2.45, 2.75) is 103 Å². The molecule has 3 aliphatic heterocycles. The Labute approximate surface area is 267 Å². The lowest BCUT2D eigenvalue weighted by Crippen LogP contribution is -2.64. The first kappa shape index (κ1) is 33.6. The van der Waals surface area contributed by atoms with Crippen molar-refractivity contribution in [3.63, 3.8) is 0 Å². The Hall–Kier alpha value is -3.74. The second kappa shape index (κ2) is 12.1. The predicted molar refractivity (Wildman–Crippen MR) is 165 cm³/mol. The van der Waals surface area contributed by atoms with E-state index in [4.69, 9.17) is 4.74 Å². The number of amides is 3. The normalized spacial score (nSPS) is 21.3. The predicted octanol–water partition coefficient (Wildman–Crippen LogP) is 4.98. The maximum atomic E-state index is 14.9. The van der Waals surface area contributed by atoms with Crippen LogP contribution in [0.1, 0.15) is 83.8 Å². The summed E-state index contributed by atoms with van der Waals surface area (Å²) < 4.78 is 49.3. The lowest BCUT2D eigenvalue weighted by Gasteiger charge is -2.45. The molecule has 3 amide bonds. The van der Waals surface area contributed by atoms with Gasteiger partial charge in [0.15, 0.2) is 0 Å². The van der Waals surface area contributed by atoms with Gasteiger partial charge >= 0.3 is 6.09 Å². The van der Waals surface area contributed by atoms with Crippen LogP contribution in [0.25, 0.3) is 0 Å². The summed E-state index contributed by atoms with van der Waals surface area (Å²) in [5.41, 5.74) is 0.406. The molecule has 2 atom stereocenters. The van der Waals surface area contributed by atoms with Gasteiger partial charge in [0, 0.05) is 50.6 Å². The van der Waals surface area contributed by atoms with Crippen LogP contribution in [0.5, 0.6) is 0 Å². The van der Waals surface area contributed by atoms with Crippen LogP contribution in [0.2, 0.25) is 0 Å². The van der Waals surface area contributed by atoms with E-state index in [9.17, 15) is 27.6 Å². The molecule has 0 N–H and O–H groups in total. The molecule has 0 radical (unpaired) electrons. The molecule has 2 aromatic rings. The monoisotopic (exact) mass is 644 g/mol. The summed E-state index contributed by atoms with van der Waals surface area (Å²) in [6.45, 7) is 13.2. The third-order valence-electron chi connectivity index (χ3n) is 8.79. The zero-order valence-corrected chi connectivity index (χ0v) is 27.6. The van der Waals surface area contributed by atoms with Crippen LogP contribution in [0.15, 0.2) is 24.3 Å². The van der Waals surface area contributed by atoms with E-state index in [1.807, 2.05) is 20.8 Å². The first-order valence-electron chi connectivity index (χ1n) is 15.8. The summed E-state index contributed by atoms with van der Waals surface area (Å²) >= 11 is 0. The number of hydrogen-bond acceptors (Lipinski definition) is 7. The molecule has 1 aromatic heterocycles. The summed E-state index contributed by atoms with van der Waals surface area (Å²) in [5.74, 6) is -4.28. The second-order valence-corrected chi connectivity index (χ2v) is 14.3. The lowest BCUT2D eigenvalue weighted by molar-refractivity contribution is -0.142. The SMILES string of the molecule is CCCC(F)(F)c1cc2c(nn1)C(C)(C)CN2C(=O)CN1C[C@@H](C)N(C(=O)OC(C)(C)C)C[C@H]1C(=O)N1Cc2ccc(F)cc2C1. The zero-order chi connectivity index (χ0) is 33.8. The Morgan fingerprint density at radius 1 is 1.04 bits per heavy atom. The van der Waals surface area contributed by atoms with Crippen LogP contribution >= 0.6 is 0 Å². The van der Waals surface area contributed by atoms with Crippen molar-refractivity contribution in [2.75, 3.05) is 31.1 Å². The molecular weight excluding hydrogens is 601 g/mol. The quantitative estimate of drug-likeness (QED) is 0.437. The number of rotatable bonds is 6. The van der Waals surface area contributed by atoms with Crippen LogP contribution in [-0.4, -0.2) is 86.7 Å². The number of halogens is 3. The number of benzene rings is 1. The molecule has 1 aromatic carbocycles. The van der Waals surface area contributed by atoms with Crippen LogP contribution in [0.3, 0.4) is 0 Å². The van der Waals surface area contributed by atoms with Gasteiger partial charge in [0.05, 0.1) is 17.9 Å². The largest absolute Gasteiger partial charge is 0.444 e. The van der Waals surface area contributed by atoms with Crippen molar-refractivity contribution in [1.82, 2.24) is 24.9 Å². The average molecular weight is 645 g/mol. The highest BCUT2D eigenvalue weighted by molar-refractivity contribution is 5.97. The third kappa shape index (κ3) is 6.70. The number of hydrogen-bond donors (Lipinski definition) is 0. The van der Waals surface area contributed by atoms with E-state index in [2.05, 4.69) is 10.2 Å². The van der Waals surface area contributed by atoms with Crippen molar-refractivity contribution in [2.24, 2.45) is 0 Å². The summed E-state index contributed by atoms with van der Waals surface area (Å²) in [6, 6.07) is 4.38. The van der Waals surface area contributed by atoms with Crippen LogP contribution in [0.4, 0.5) is 23.7 Å². The van der Waals surface area contributed by atoms with Crippen LogP contribution in [-0.2, 0) is 38.8 Å². The summed E-state index contributed by atoms with van der Waals surface area (Å²) in [5, 5.41) is 7.99. The highest BCUT2D eigenvalue weighted by atomic mass is 19.3. The molecule has 1 fully saturated rings. The standard InChI is InChI=1S/C33H43F3N6O4/c1-8-11-33(35,36)26-13-24-28(38-37-26)32(6,7)19-42(24)27(43)18-39-14-20(2)41(30(45)46-31(3,4)5)17-25(39)29(44)40-15-21-9-10-23(34)12-22(21)16-40/h9-10,12-13,20,25H,8,11,14-19H2,1-7H3/t20-,25+/m1/s1. The number of carbonyl (C=O) groups excluding carboxylic acids is 3. The Morgan fingerprint density at radius 3 is 2.41 bits per heavy atom. The highest BCUT2D eigenvalue weighted by Crippen LogP contribution is 2.42. The fraction of sp³-hybridized carbons (Fsp3) is 0.606. The van der Waals surface area contributed by atoms with E-state index in [0.29, 0.717) is 11.3 Å². The van der Waals surface area contributed by atoms with E-state index >= 15 is 0 Å². The maximum absolute atomic E-state index is 14.9. The lowest BCUT2D eigenvalue weighted by atomic mass is 9.91. The van der Waals surface area contributed by atoms with E-state index in [-0.39, 0.29) is 63.2 Å². The van der Waals surface area contributed by atoms with Crippen molar-refractivity contribution >= 4 is 23.6 Å². The molecule has 3 aliphatic rings. The van der Waals surface area contributed by atoms with E-state index in [0.717, 1.165) is 5.56 Å². The van der Waals surface area contributed by atoms with Gasteiger partial charge < -0.3 is 19.4 Å². The van der Waals surface area contributed by atoms with Gasteiger partial charge in [-0.3, -0.25) is 14.5 Å². The van der Waals surface area contributed by atoms with Gasteiger partial charge in [-0.1, -0.05) is 33.3 Å². The molecule has 46 heavy (non-hydrogen) atoms. The fourth-order valence-electron chi connectivity index (χ4n) is 6.49.